The number of carbonyl (C=O) groups excluding carboxylic acids is 2. The monoisotopic (exact) mass is 244 g/mol. The quantitative estimate of drug-likeness (QED) is 0.542. The first-order chi connectivity index (χ1) is 8.65. The van der Waals surface area contributed by atoms with E-state index in [2.05, 4.69) is 6.92 Å². The highest BCUT2D eigenvalue weighted by molar-refractivity contribution is 6.08. The van der Waals surface area contributed by atoms with E-state index in [0.717, 1.165) is 18.4 Å². The van der Waals surface area contributed by atoms with Gasteiger partial charge in [0.05, 0.1) is 5.92 Å². The van der Waals surface area contributed by atoms with Gasteiger partial charge in [-0.3, -0.25) is 9.59 Å². The summed E-state index contributed by atoms with van der Waals surface area (Å²) < 4.78 is 0. The zero-order valence-corrected chi connectivity index (χ0v) is 11.1. The molecule has 2 nitrogen and oxygen atoms in total. The Bertz CT molecular complexity index is 418. The van der Waals surface area contributed by atoms with E-state index in [1.54, 1.807) is 6.08 Å². The Hall–Kier alpha value is -1.70. The van der Waals surface area contributed by atoms with Crippen LogP contribution in [0.5, 0.6) is 0 Å². The van der Waals surface area contributed by atoms with Crippen molar-refractivity contribution in [3.05, 3.63) is 42.0 Å². The molecule has 0 radical (unpaired) electrons. The molecule has 0 bridgehead atoms. The number of Topliss-reactive ketones (excluding diaryl/α,β-unsaturated/α-hetero) is 1. The molecule has 96 valence electrons. The molecule has 0 fully saturated rings. The Kier molecular flexibility index (Phi) is 6.06. The van der Waals surface area contributed by atoms with Crippen LogP contribution >= 0.6 is 0 Å². The molecule has 2 heteroatoms. The molecule has 18 heavy (non-hydrogen) atoms. The van der Waals surface area contributed by atoms with Crippen LogP contribution in [0.15, 0.2) is 36.4 Å². The third-order valence-electron chi connectivity index (χ3n) is 2.92. The first-order valence-electron chi connectivity index (χ1n) is 6.42. The molecule has 0 N–H and O–H groups in total. The second-order valence-corrected chi connectivity index (χ2v) is 4.45. The van der Waals surface area contributed by atoms with Crippen LogP contribution in [0.4, 0.5) is 0 Å². The largest absolute Gasteiger partial charge is 0.299 e. The third-order valence-corrected chi connectivity index (χ3v) is 2.92. The van der Waals surface area contributed by atoms with Crippen LogP contribution < -0.4 is 0 Å². The van der Waals surface area contributed by atoms with Crippen LogP contribution in [0.3, 0.4) is 0 Å². The number of allylic oxidation sites excluding steroid dienone is 1. The van der Waals surface area contributed by atoms with Gasteiger partial charge in [-0.05, 0) is 25.0 Å². The lowest BCUT2D eigenvalue weighted by Gasteiger charge is -2.09. The zero-order valence-electron chi connectivity index (χ0n) is 11.1. The highest BCUT2D eigenvalue weighted by atomic mass is 16.1. The zero-order chi connectivity index (χ0) is 13.4. The van der Waals surface area contributed by atoms with Crippen molar-refractivity contribution in [2.24, 2.45) is 5.92 Å². The van der Waals surface area contributed by atoms with Gasteiger partial charge >= 0.3 is 0 Å². The maximum atomic E-state index is 12.0. The van der Waals surface area contributed by atoms with Gasteiger partial charge in [0.25, 0.3) is 0 Å². The summed E-state index contributed by atoms with van der Waals surface area (Å²) in [6.45, 7) is 3.55. The Morgan fingerprint density at radius 1 is 1.22 bits per heavy atom. The summed E-state index contributed by atoms with van der Waals surface area (Å²) in [5.41, 5.74) is 0.976. The van der Waals surface area contributed by atoms with E-state index < -0.39 is 5.92 Å². The molecule has 1 rings (SSSR count). The minimum Gasteiger partial charge on any atom is -0.299 e. The van der Waals surface area contributed by atoms with Gasteiger partial charge in [0, 0.05) is 0 Å². The molecule has 0 aliphatic carbocycles. The summed E-state index contributed by atoms with van der Waals surface area (Å²) in [7, 11) is 0. The van der Waals surface area contributed by atoms with Gasteiger partial charge in [-0.2, -0.15) is 0 Å². The van der Waals surface area contributed by atoms with Gasteiger partial charge in [-0.15, -0.1) is 0 Å². The molecular weight excluding hydrogens is 224 g/mol. The lowest BCUT2D eigenvalue weighted by molar-refractivity contribution is -0.129. The minimum atomic E-state index is -0.468. The summed E-state index contributed by atoms with van der Waals surface area (Å²) in [5, 5.41) is 0. The van der Waals surface area contributed by atoms with E-state index in [1.165, 1.54) is 13.0 Å². The fraction of sp³-hybridized carbons (Fsp3) is 0.375. The Balaban J connectivity index is 2.67. The van der Waals surface area contributed by atoms with Gasteiger partial charge in [0.2, 0.25) is 0 Å². The van der Waals surface area contributed by atoms with Gasteiger partial charge in [-0.25, -0.2) is 0 Å². The van der Waals surface area contributed by atoms with E-state index in [4.69, 9.17) is 0 Å². The van der Waals surface area contributed by atoms with Crippen LogP contribution in [-0.2, 0) is 9.59 Å². The Morgan fingerprint density at radius 2 is 1.89 bits per heavy atom. The van der Waals surface area contributed by atoms with E-state index >= 15 is 0 Å². The Morgan fingerprint density at radius 3 is 2.44 bits per heavy atom. The second-order valence-electron chi connectivity index (χ2n) is 4.45. The van der Waals surface area contributed by atoms with Crippen LogP contribution in [0, 0.1) is 5.92 Å². The van der Waals surface area contributed by atoms with E-state index in [9.17, 15) is 9.59 Å². The highest BCUT2D eigenvalue weighted by Crippen LogP contribution is 2.13. The van der Waals surface area contributed by atoms with Gasteiger partial charge in [-0.1, -0.05) is 56.2 Å². The molecule has 0 saturated heterocycles. The van der Waals surface area contributed by atoms with E-state index in [0.29, 0.717) is 6.42 Å². The lowest BCUT2D eigenvalue weighted by Crippen LogP contribution is -2.20. The van der Waals surface area contributed by atoms with Crippen LogP contribution in [0.1, 0.15) is 38.7 Å². The van der Waals surface area contributed by atoms with Crippen molar-refractivity contribution in [1.82, 2.24) is 0 Å². The topological polar surface area (TPSA) is 34.1 Å². The molecule has 1 aromatic carbocycles. The molecule has 0 heterocycles. The standard InChI is InChI=1S/C16H20O2/c1-3-4-10-15(13(2)17)16(18)12-11-14-8-6-5-7-9-14/h5-9,11-12,15H,3-4,10H2,1-2H3. The number of ketones is 2. The smallest absolute Gasteiger partial charge is 0.166 e. The summed E-state index contributed by atoms with van der Waals surface area (Å²) in [6.07, 6.45) is 5.86. The highest BCUT2D eigenvalue weighted by Gasteiger charge is 2.19. The molecule has 1 unspecified atom stereocenters. The first-order valence-corrected chi connectivity index (χ1v) is 6.42. The summed E-state index contributed by atoms with van der Waals surface area (Å²) in [5.74, 6) is -0.587. The fourth-order valence-corrected chi connectivity index (χ4v) is 1.81. The van der Waals surface area contributed by atoms with Crippen molar-refractivity contribution in [2.75, 3.05) is 0 Å². The predicted octanol–water partition coefficient (Wildman–Crippen LogP) is 3.66. The van der Waals surface area contributed by atoms with Crippen molar-refractivity contribution < 1.29 is 9.59 Å². The Labute approximate surface area is 109 Å². The number of hydrogen-bond acceptors (Lipinski definition) is 2. The molecule has 1 atom stereocenters. The lowest BCUT2D eigenvalue weighted by atomic mass is 9.93. The van der Waals surface area contributed by atoms with Crippen LogP contribution in [0.25, 0.3) is 6.08 Å². The number of hydrogen-bond donors (Lipinski definition) is 0. The number of unbranched alkanes of at least 4 members (excludes halogenated alkanes) is 1. The number of rotatable bonds is 7. The average molecular weight is 244 g/mol. The van der Waals surface area contributed by atoms with E-state index in [1.807, 2.05) is 30.3 Å². The summed E-state index contributed by atoms with van der Waals surface area (Å²) in [4.78, 5) is 23.4. The normalized spacial score (nSPS) is 12.6. The summed E-state index contributed by atoms with van der Waals surface area (Å²) in [6, 6.07) is 9.63. The van der Waals surface area contributed by atoms with Crippen molar-refractivity contribution in [3.8, 4) is 0 Å². The van der Waals surface area contributed by atoms with Crippen molar-refractivity contribution in [1.29, 1.82) is 0 Å². The average Bonchev–Trinajstić information content (AvgIpc) is 2.37. The van der Waals surface area contributed by atoms with Gasteiger partial charge in [0.1, 0.15) is 5.78 Å². The number of carbonyl (C=O) groups is 2. The predicted molar refractivity (Wildman–Crippen MR) is 74.2 cm³/mol. The fourth-order valence-electron chi connectivity index (χ4n) is 1.81. The summed E-state index contributed by atoms with van der Waals surface area (Å²) >= 11 is 0. The van der Waals surface area contributed by atoms with Crippen molar-refractivity contribution in [2.45, 2.75) is 33.1 Å². The molecule has 1 aromatic rings. The molecule has 0 amide bonds. The molecule has 0 aliphatic rings. The van der Waals surface area contributed by atoms with Crippen LogP contribution in [0.2, 0.25) is 0 Å². The molecule has 0 spiro atoms. The number of benzene rings is 1. The SMILES string of the molecule is CCCCC(C(C)=O)C(=O)C=Cc1ccccc1. The van der Waals surface area contributed by atoms with Crippen molar-refractivity contribution >= 4 is 17.6 Å². The second kappa shape index (κ2) is 7.59. The van der Waals surface area contributed by atoms with Crippen LogP contribution in [-0.4, -0.2) is 11.6 Å². The van der Waals surface area contributed by atoms with Gasteiger partial charge < -0.3 is 0 Å². The molecule has 0 aromatic heterocycles. The molecular formula is C16H20O2. The molecule has 0 aliphatic heterocycles. The van der Waals surface area contributed by atoms with E-state index in [-0.39, 0.29) is 11.6 Å². The third kappa shape index (κ3) is 4.66. The maximum absolute atomic E-state index is 12.0. The van der Waals surface area contributed by atoms with Gasteiger partial charge in [0.15, 0.2) is 5.78 Å². The maximum Gasteiger partial charge on any atom is 0.166 e. The first kappa shape index (κ1) is 14.4. The molecule has 0 saturated carbocycles. The van der Waals surface area contributed by atoms with Crippen molar-refractivity contribution in [3.63, 3.8) is 0 Å². The minimum absolute atomic E-state index is 0.0360.